The molecular formula is C18H12ClF2N5O2. The molecule has 0 unspecified atom stereocenters. The van der Waals surface area contributed by atoms with Crippen LogP contribution in [0.5, 0.6) is 5.88 Å². The number of benzene rings is 1. The van der Waals surface area contributed by atoms with Gasteiger partial charge in [-0.25, -0.2) is 23.7 Å². The second kappa shape index (κ2) is 7.01. The lowest BCUT2D eigenvalue weighted by Gasteiger charge is -2.09. The van der Waals surface area contributed by atoms with E-state index in [1.54, 1.807) is 10.6 Å². The summed E-state index contributed by atoms with van der Waals surface area (Å²) in [7, 11) is 1.47. The first-order valence-corrected chi connectivity index (χ1v) is 8.44. The molecule has 0 atom stereocenters. The van der Waals surface area contributed by atoms with Gasteiger partial charge in [0.15, 0.2) is 11.5 Å². The first-order chi connectivity index (χ1) is 13.5. The average Bonchev–Trinajstić information content (AvgIpc) is 3.10. The van der Waals surface area contributed by atoms with E-state index in [9.17, 15) is 13.6 Å². The molecule has 0 fully saturated rings. The van der Waals surface area contributed by atoms with Gasteiger partial charge < -0.3 is 9.72 Å². The standard InChI is InChI=1S/C18H12ClF2N5O2/c1-28-15-7-23-17-13(5-9-4-10(20)2-3-12(9)21)24-14(8-26(15)17)16-22-6-11(19)18(27)25-16/h2-4,6-8H,5H2,1H3,(H,22,25,27). The van der Waals surface area contributed by atoms with E-state index in [1.165, 1.54) is 19.5 Å². The zero-order chi connectivity index (χ0) is 19.8. The average molecular weight is 404 g/mol. The van der Waals surface area contributed by atoms with Crippen LogP contribution in [0.2, 0.25) is 5.02 Å². The molecule has 0 saturated carbocycles. The molecule has 0 aliphatic heterocycles. The van der Waals surface area contributed by atoms with Gasteiger partial charge in [0.25, 0.3) is 5.56 Å². The highest BCUT2D eigenvalue weighted by molar-refractivity contribution is 6.30. The Morgan fingerprint density at radius 3 is 2.82 bits per heavy atom. The SMILES string of the molecule is COc1cnc2c(Cc3cc(F)ccc3F)nc(-c3ncc(Cl)c(=O)[nH]3)cn12. The molecule has 28 heavy (non-hydrogen) atoms. The maximum atomic E-state index is 14.1. The minimum absolute atomic E-state index is 0.0288. The predicted molar refractivity (Wildman–Crippen MR) is 97.6 cm³/mol. The lowest BCUT2D eigenvalue weighted by Crippen LogP contribution is -2.11. The van der Waals surface area contributed by atoms with Crippen molar-refractivity contribution in [3.8, 4) is 17.4 Å². The Bertz CT molecular complexity index is 1250. The fourth-order valence-electron chi connectivity index (χ4n) is 2.78. The third-order valence-electron chi connectivity index (χ3n) is 4.10. The summed E-state index contributed by atoms with van der Waals surface area (Å²) in [6.07, 6.45) is 4.22. The monoisotopic (exact) mass is 403 g/mol. The number of hydrogen-bond acceptors (Lipinski definition) is 5. The summed E-state index contributed by atoms with van der Waals surface area (Å²) in [6, 6.07) is 3.19. The molecule has 0 radical (unpaired) electrons. The lowest BCUT2D eigenvalue weighted by molar-refractivity contribution is 0.394. The van der Waals surface area contributed by atoms with Crippen molar-refractivity contribution in [2.45, 2.75) is 6.42 Å². The van der Waals surface area contributed by atoms with Crippen LogP contribution >= 0.6 is 11.6 Å². The number of methoxy groups -OCH3 is 1. The van der Waals surface area contributed by atoms with Gasteiger partial charge in [-0.2, -0.15) is 0 Å². The van der Waals surface area contributed by atoms with Crippen molar-refractivity contribution in [3.05, 3.63) is 75.1 Å². The van der Waals surface area contributed by atoms with Crippen molar-refractivity contribution < 1.29 is 13.5 Å². The fourth-order valence-corrected chi connectivity index (χ4v) is 2.88. The maximum Gasteiger partial charge on any atom is 0.269 e. The van der Waals surface area contributed by atoms with Gasteiger partial charge in [0.05, 0.1) is 25.2 Å². The zero-order valence-corrected chi connectivity index (χ0v) is 15.2. The summed E-state index contributed by atoms with van der Waals surface area (Å²) in [6.45, 7) is 0. The second-order valence-corrected chi connectivity index (χ2v) is 6.30. The molecule has 3 heterocycles. The third-order valence-corrected chi connectivity index (χ3v) is 4.37. The van der Waals surface area contributed by atoms with Gasteiger partial charge in [0.1, 0.15) is 22.4 Å². The van der Waals surface area contributed by atoms with Gasteiger partial charge >= 0.3 is 0 Å². The molecule has 10 heteroatoms. The summed E-state index contributed by atoms with van der Waals surface area (Å²) < 4.78 is 34.5. The number of aromatic nitrogens is 5. The van der Waals surface area contributed by atoms with Crippen LogP contribution < -0.4 is 10.3 Å². The first kappa shape index (κ1) is 18.1. The molecule has 4 aromatic rings. The van der Waals surface area contributed by atoms with Gasteiger partial charge in [0.2, 0.25) is 5.88 Å². The number of nitrogens with one attached hydrogen (secondary N) is 1. The van der Waals surface area contributed by atoms with Crippen LogP contribution in [0.3, 0.4) is 0 Å². The second-order valence-electron chi connectivity index (χ2n) is 5.89. The summed E-state index contributed by atoms with van der Waals surface area (Å²) in [5, 5.41) is -0.0629. The van der Waals surface area contributed by atoms with Crippen LogP contribution in [-0.2, 0) is 6.42 Å². The smallest absolute Gasteiger partial charge is 0.269 e. The molecule has 0 amide bonds. The van der Waals surface area contributed by atoms with E-state index in [-0.39, 0.29) is 28.5 Å². The Morgan fingerprint density at radius 1 is 1.25 bits per heavy atom. The van der Waals surface area contributed by atoms with Gasteiger partial charge in [-0.3, -0.25) is 9.20 Å². The van der Waals surface area contributed by atoms with Crippen molar-refractivity contribution in [1.29, 1.82) is 0 Å². The minimum Gasteiger partial charge on any atom is -0.481 e. The van der Waals surface area contributed by atoms with E-state index in [0.717, 1.165) is 18.2 Å². The topological polar surface area (TPSA) is 85.2 Å². The molecule has 142 valence electrons. The van der Waals surface area contributed by atoms with E-state index in [0.29, 0.717) is 17.2 Å². The van der Waals surface area contributed by atoms with Crippen LogP contribution in [0.4, 0.5) is 8.78 Å². The van der Waals surface area contributed by atoms with Crippen molar-refractivity contribution in [3.63, 3.8) is 0 Å². The quantitative estimate of drug-likeness (QED) is 0.566. The summed E-state index contributed by atoms with van der Waals surface area (Å²) in [5.74, 6) is -0.569. The molecule has 0 bridgehead atoms. The Balaban J connectivity index is 1.91. The largest absolute Gasteiger partial charge is 0.481 e. The van der Waals surface area contributed by atoms with Gasteiger partial charge in [0, 0.05) is 12.6 Å². The van der Waals surface area contributed by atoms with Gasteiger partial charge in [-0.05, 0) is 23.8 Å². The van der Waals surface area contributed by atoms with E-state index in [4.69, 9.17) is 16.3 Å². The minimum atomic E-state index is -0.566. The maximum absolute atomic E-state index is 14.1. The lowest BCUT2D eigenvalue weighted by atomic mass is 10.1. The molecule has 4 rings (SSSR count). The zero-order valence-electron chi connectivity index (χ0n) is 14.4. The number of H-pyrrole nitrogens is 1. The summed E-state index contributed by atoms with van der Waals surface area (Å²) >= 11 is 5.73. The molecule has 1 aromatic carbocycles. The number of rotatable bonds is 4. The van der Waals surface area contributed by atoms with E-state index in [2.05, 4.69) is 19.9 Å². The van der Waals surface area contributed by atoms with E-state index >= 15 is 0 Å². The molecule has 3 aromatic heterocycles. The highest BCUT2D eigenvalue weighted by Crippen LogP contribution is 2.24. The highest BCUT2D eigenvalue weighted by atomic mass is 35.5. The van der Waals surface area contributed by atoms with Crippen molar-refractivity contribution in [2.75, 3.05) is 7.11 Å². The first-order valence-electron chi connectivity index (χ1n) is 8.06. The predicted octanol–water partition coefficient (Wildman–Crippen LogP) is 3.01. The van der Waals surface area contributed by atoms with Crippen LogP contribution in [-0.4, -0.2) is 31.4 Å². The number of ether oxygens (including phenoxy) is 1. The Morgan fingerprint density at radius 2 is 2.07 bits per heavy atom. The van der Waals surface area contributed by atoms with E-state index in [1.807, 2.05) is 0 Å². The Labute approximate surface area is 161 Å². The van der Waals surface area contributed by atoms with E-state index < -0.39 is 17.2 Å². The van der Waals surface area contributed by atoms with Crippen LogP contribution in [0.25, 0.3) is 17.2 Å². The number of aromatic amines is 1. The Kier molecular flexibility index (Phi) is 4.52. The van der Waals surface area contributed by atoms with Crippen molar-refractivity contribution in [2.24, 2.45) is 0 Å². The van der Waals surface area contributed by atoms with Crippen LogP contribution in [0, 0.1) is 11.6 Å². The van der Waals surface area contributed by atoms with Crippen LogP contribution in [0.15, 0.2) is 41.6 Å². The number of imidazole rings is 1. The molecule has 0 saturated heterocycles. The number of nitrogens with zero attached hydrogens (tertiary/aromatic N) is 4. The molecule has 0 aliphatic carbocycles. The molecule has 0 spiro atoms. The van der Waals surface area contributed by atoms with Crippen molar-refractivity contribution in [1.82, 2.24) is 24.3 Å². The summed E-state index contributed by atoms with van der Waals surface area (Å²) in [4.78, 5) is 27.1. The molecular weight excluding hydrogens is 392 g/mol. The van der Waals surface area contributed by atoms with Gasteiger partial charge in [-0.1, -0.05) is 11.6 Å². The van der Waals surface area contributed by atoms with Gasteiger partial charge in [-0.15, -0.1) is 0 Å². The molecule has 0 aliphatic rings. The number of fused-ring (bicyclic) bond motifs is 1. The molecule has 7 nitrogen and oxygen atoms in total. The molecule has 1 N–H and O–H groups in total. The number of hydrogen-bond donors (Lipinski definition) is 1. The summed E-state index contributed by atoms with van der Waals surface area (Å²) in [5.41, 5.74) is 0.628. The number of halogens is 3. The normalized spacial score (nSPS) is 11.1. The third kappa shape index (κ3) is 3.20. The fraction of sp³-hybridized carbons (Fsp3) is 0.111. The van der Waals surface area contributed by atoms with Crippen molar-refractivity contribution >= 4 is 17.2 Å². The van der Waals surface area contributed by atoms with Crippen LogP contribution in [0.1, 0.15) is 11.3 Å². The highest BCUT2D eigenvalue weighted by Gasteiger charge is 2.16. The Hall–Kier alpha value is -3.33.